The van der Waals surface area contributed by atoms with E-state index in [1.807, 2.05) is 13.8 Å². The predicted octanol–water partition coefficient (Wildman–Crippen LogP) is 0.299. The third-order valence-electron chi connectivity index (χ3n) is 2.47. The molecule has 0 saturated carbocycles. The lowest BCUT2D eigenvalue weighted by molar-refractivity contribution is -0.131. The number of likely N-dealkylation sites (N-methyl/N-ethyl adjacent to an activating group) is 1. The van der Waals surface area contributed by atoms with Crippen molar-refractivity contribution < 1.29 is 4.79 Å². The van der Waals surface area contributed by atoms with E-state index in [1.54, 1.807) is 17.2 Å². The van der Waals surface area contributed by atoms with E-state index in [0.717, 1.165) is 0 Å². The van der Waals surface area contributed by atoms with Crippen molar-refractivity contribution in [3.8, 4) is 0 Å². The van der Waals surface area contributed by atoms with Gasteiger partial charge in [-0.15, -0.1) is 0 Å². The van der Waals surface area contributed by atoms with E-state index in [2.05, 4.69) is 0 Å². The second kappa shape index (κ2) is 5.34. The topological polar surface area (TPSA) is 68.3 Å². The minimum Gasteiger partial charge on any atom is -0.394 e. The van der Waals surface area contributed by atoms with E-state index >= 15 is 0 Å². The molecule has 1 amide bonds. The summed E-state index contributed by atoms with van der Waals surface area (Å²) in [6.45, 7) is 5.15. The zero-order valence-electron chi connectivity index (χ0n) is 9.64. The lowest BCUT2D eigenvalue weighted by atomic mass is 10.4. The number of carbonyl (C=O) groups excluding carboxylic acids is 1. The summed E-state index contributed by atoms with van der Waals surface area (Å²) in [5.41, 5.74) is 5.32. The van der Waals surface area contributed by atoms with Gasteiger partial charge in [-0.1, -0.05) is 0 Å². The van der Waals surface area contributed by atoms with Gasteiger partial charge in [0.05, 0.1) is 5.69 Å². The van der Waals surface area contributed by atoms with Gasteiger partial charge >= 0.3 is 0 Å². The average molecular weight is 223 g/mol. The van der Waals surface area contributed by atoms with E-state index < -0.39 is 0 Å². The zero-order valence-corrected chi connectivity index (χ0v) is 9.64. The molecule has 0 saturated heterocycles. The average Bonchev–Trinajstić information content (AvgIpc) is 2.26. The number of nitrogens with zero attached hydrogens (tertiary/aromatic N) is 2. The van der Waals surface area contributed by atoms with Crippen molar-refractivity contribution in [2.75, 3.05) is 18.8 Å². The summed E-state index contributed by atoms with van der Waals surface area (Å²) in [5, 5.41) is 0. The lowest BCUT2D eigenvalue weighted by Gasteiger charge is -2.19. The van der Waals surface area contributed by atoms with E-state index in [0.29, 0.717) is 13.1 Å². The number of hydrogen-bond donors (Lipinski definition) is 1. The van der Waals surface area contributed by atoms with Gasteiger partial charge in [-0.3, -0.25) is 9.59 Å². The van der Waals surface area contributed by atoms with Crippen LogP contribution in [0, 0.1) is 0 Å². The molecule has 2 N–H and O–H groups in total. The Morgan fingerprint density at radius 2 is 2.06 bits per heavy atom. The first kappa shape index (κ1) is 12.3. The fourth-order valence-corrected chi connectivity index (χ4v) is 1.50. The number of anilines is 1. The van der Waals surface area contributed by atoms with Gasteiger partial charge in [0.1, 0.15) is 6.54 Å². The molecule has 0 aliphatic rings. The molecule has 0 aliphatic heterocycles. The summed E-state index contributed by atoms with van der Waals surface area (Å²) < 4.78 is 1.33. The molecule has 16 heavy (non-hydrogen) atoms. The number of nitrogen functional groups attached to an aromatic ring is 1. The van der Waals surface area contributed by atoms with Gasteiger partial charge in [0, 0.05) is 19.3 Å². The summed E-state index contributed by atoms with van der Waals surface area (Å²) in [5.74, 6) is -0.0716. The van der Waals surface area contributed by atoms with Crippen molar-refractivity contribution in [2.45, 2.75) is 20.4 Å². The molecule has 5 heteroatoms. The Kier molecular flexibility index (Phi) is 4.10. The highest BCUT2D eigenvalue weighted by Crippen LogP contribution is 1.95. The van der Waals surface area contributed by atoms with E-state index in [-0.39, 0.29) is 23.7 Å². The third-order valence-corrected chi connectivity index (χ3v) is 2.47. The van der Waals surface area contributed by atoms with Gasteiger partial charge < -0.3 is 15.2 Å². The SMILES string of the molecule is CCN(CC)C(=O)Cn1cccc(N)c1=O. The van der Waals surface area contributed by atoms with E-state index in [4.69, 9.17) is 5.73 Å². The Morgan fingerprint density at radius 1 is 1.44 bits per heavy atom. The highest BCUT2D eigenvalue weighted by molar-refractivity contribution is 5.76. The molecule has 0 radical (unpaired) electrons. The van der Waals surface area contributed by atoms with Crippen LogP contribution in [-0.2, 0) is 11.3 Å². The van der Waals surface area contributed by atoms with Crippen LogP contribution in [0.4, 0.5) is 5.69 Å². The fraction of sp³-hybridized carbons (Fsp3) is 0.455. The maximum absolute atomic E-state index is 11.8. The van der Waals surface area contributed by atoms with Gasteiger partial charge in [-0.25, -0.2) is 0 Å². The maximum Gasteiger partial charge on any atom is 0.274 e. The van der Waals surface area contributed by atoms with Gasteiger partial charge in [0.25, 0.3) is 5.56 Å². The molecule has 0 aliphatic carbocycles. The van der Waals surface area contributed by atoms with Gasteiger partial charge in [0.2, 0.25) is 5.91 Å². The van der Waals surface area contributed by atoms with Gasteiger partial charge in [0.15, 0.2) is 0 Å². The van der Waals surface area contributed by atoms with Crippen molar-refractivity contribution in [3.63, 3.8) is 0 Å². The molecular formula is C11H17N3O2. The lowest BCUT2D eigenvalue weighted by Crippen LogP contribution is -2.36. The van der Waals surface area contributed by atoms with Crippen LogP contribution in [0.2, 0.25) is 0 Å². The smallest absolute Gasteiger partial charge is 0.274 e. The highest BCUT2D eigenvalue weighted by Gasteiger charge is 2.11. The Labute approximate surface area is 94.5 Å². The molecule has 0 unspecified atom stereocenters. The Bertz CT molecular complexity index is 421. The van der Waals surface area contributed by atoms with Crippen LogP contribution in [-0.4, -0.2) is 28.5 Å². The highest BCUT2D eigenvalue weighted by atomic mass is 16.2. The molecule has 88 valence electrons. The largest absolute Gasteiger partial charge is 0.394 e. The third kappa shape index (κ3) is 2.62. The van der Waals surface area contributed by atoms with Crippen LogP contribution in [0.5, 0.6) is 0 Å². The molecule has 1 aromatic heterocycles. The summed E-state index contributed by atoms with van der Waals surface area (Å²) in [6, 6.07) is 3.19. The van der Waals surface area contributed by atoms with Crippen LogP contribution in [0.15, 0.2) is 23.1 Å². The molecule has 1 rings (SSSR count). The van der Waals surface area contributed by atoms with Crippen molar-refractivity contribution >= 4 is 11.6 Å². The quantitative estimate of drug-likeness (QED) is 0.798. The van der Waals surface area contributed by atoms with Gasteiger partial charge in [-0.2, -0.15) is 0 Å². The standard InChI is InChI=1S/C11H17N3O2/c1-3-13(4-2)10(15)8-14-7-5-6-9(12)11(14)16/h5-7H,3-4,8,12H2,1-2H3. The minimum atomic E-state index is -0.317. The first-order valence-electron chi connectivity index (χ1n) is 5.32. The van der Waals surface area contributed by atoms with Gasteiger partial charge in [-0.05, 0) is 26.0 Å². The molecule has 1 heterocycles. The van der Waals surface area contributed by atoms with Crippen molar-refractivity contribution in [1.29, 1.82) is 0 Å². The molecule has 0 bridgehead atoms. The number of nitrogens with two attached hydrogens (primary N) is 1. The van der Waals surface area contributed by atoms with Crippen molar-refractivity contribution in [3.05, 3.63) is 28.7 Å². The molecule has 1 aromatic rings. The molecule has 0 atom stereocenters. The molecule has 0 aromatic carbocycles. The van der Waals surface area contributed by atoms with Crippen LogP contribution >= 0.6 is 0 Å². The summed E-state index contributed by atoms with van der Waals surface area (Å²) in [7, 11) is 0. The molecule has 5 nitrogen and oxygen atoms in total. The number of rotatable bonds is 4. The Hall–Kier alpha value is -1.78. The number of carbonyl (C=O) groups is 1. The van der Waals surface area contributed by atoms with E-state index in [1.165, 1.54) is 10.6 Å². The fourth-order valence-electron chi connectivity index (χ4n) is 1.50. The normalized spacial score (nSPS) is 10.1. The first-order chi connectivity index (χ1) is 7.60. The van der Waals surface area contributed by atoms with Crippen LogP contribution in [0.3, 0.4) is 0 Å². The molecule has 0 fully saturated rings. The van der Waals surface area contributed by atoms with E-state index in [9.17, 15) is 9.59 Å². The Morgan fingerprint density at radius 3 is 2.62 bits per heavy atom. The second-order valence-electron chi connectivity index (χ2n) is 3.46. The zero-order chi connectivity index (χ0) is 12.1. The monoisotopic (exact) mass is 223 g/mol. The van der Waals surface area contributed by atoms with Crippen molar-refractivity contribution in [2.24, 2.45) is 0 Å². The van der Waals surface area contributed by atoms with Crippen LogP contribution in [0.1, 0.15) is 13.8 Å². The first-order valence-corrected chi connectivity index (χ1v) is 5.32. The number of aromatic nitrogens is 1. The number of hydrogen-bond acceptors (Lipinski definition) is 3. The summed E-state index contributed by atoms with van der Waals surface area (Å²) in [6.07, 6.45) is 1.57. The van der Waals surface area contributed by atoms with Crippen LogP contribution < -0.4 is 11.3 Å². The number of amides is 1. The molecule has 0 spiro atoms. The minimum absolute atomic E-state index is 0.0472. The van der Waals surface area contributed by atoms with Crippen LogP contribution in [0.25, 0.3) is 0 Å². The Balaban J connectivity index is 2.85. The van der Waals surface area contributed by atoms with Crippen molar-refractivity contribution in [1.82, 2.24) is 9.47 Å². The second-order valence-corrected chi connectivity index (χ2v) is 3.46. The number of pyridine rings is 1. The summed E-state index contributed by atoms with van der Waals surface area (Å²) >= 11 is 0. The predicted molar refractivity (Wildman–Crippen MR) is 63.0 cm³/mol. The summed E-state index contributed by atoms with van der Waals surface area (Å²) in [4.78, 5) is 25.0. The maximum atomic E-state index is 11.8. The molecular weight excluding hydrogens is 206 g/mol.